The van der Waals surface area contributed by atoms with E-state index in [2.05, 4.69) is 57.2 Å². The molecule has 0 bridgehead atoms. The molecule has 28 heavy (non-hydrogen) atoms. The zero-order valence-corrected chi connectivity index (χ0v) is 21.5. The van der Waals surface area contributed by atoms with Gasteiger partial charge in [-0.15, -0.1) is 24.0 Å². The first-order valence-electron chi connectivity index (χ1n) is 10.8. The third kappa shape index (κ3) is 7.63. The maximum absolute atomic E-state index is 6.11. The van der Waals surface area contributed by atoms with E-state index in [1.807, 2.05) is 7.05 Å². The van der Waals surface area contributed by atoms with Gasteiger partial charge in [-0.25, -0.2) is 0 Å². The summed E-state index contributed by atoms with van der Waals surface area (Å²) >= 11 is 0. The molecule has 4 unspecified atom stereocenters. The lowest BCUT2D eigenvalue weighted by Gasteiger charge is -2.41. The molecular formula is C22H44IN3O2. The van der Waals surface area contributed by atoms with E-state index < -0.39 is 0 Å². The van der Waals surface area contributed by atoms with Gasteiger partial charge < -0.3 is 20.1 Å². The molecule has 5 nitrogen and oxygen atoms in total. The van der Waals surface area contributed by atoms with Crippen molar-refractivity contribution in [1.82, 2.24) is 10.6 Å². The van der Waals surface area contributed by atoms with Gasteiger partial charge in [0.05, 0.1) is 12.2 Å². The molecular weight excluding hydrogens is 465 g/mol. The number of nitrogens with zero attached hydrogens (tertiary/aromatic N) is 1. The number of aliphatic imine (C=N–C) groups is 1. The number of hydrogen-bond donors (Lipinski definition) is 2. The summed E-state index contributed by atoms with van der Waals surface area (Å²) in [7, 11) is 1.85. The highest BCUT2D eigenvalue weighted by Crippen LogP contribution is 2.34. The van der Waals surface area contributed by atoms with Gasteiger partial charge in [-0.05, 0) is 36.5 Å². The Hall–Kier alpha value is -0.0800. The van der Waals surface area contributed by atoms with E-state index in [1.165, 1.54) is 12.8 Å². The minimum absolute atomic E-state index is 0. The van der Waals surface area contributed by atoms with Crippen LogP contribution in [0.3, 0.4) is 0 Å². The quantitative estimate of drug-likeness (QED) is 0.334. The second-order valence-corrected chi connectivity index (χ2v) is 10.5. The zero-order valence-electron chi connectivity index (χ0n) is 19.1. The molecule has 2 heterocycles. The molecule has 6 heteroatoms. The van der Waals surface area contributed by atoms with E-state index in [-0.39, 0.29) is 34.8 Å². The molecule has 166 valence electrons. The molecule has 0 amide bonds. The van der Waals surface area contributed by atoms with Gasteiger partial charge in [0.1, 0.15) is 0 Å². The molecule has 0 radical (unpaired) electrons. The average Bonchev–Trinajstić information content (AvgIpc) is 2.61. The van der Waals surface area contributed by atoms with E-state index >= 15 is 0 Å². The number of hydrogen-bond acceptors (Lipinski definition) is 3. The zero-order chi connectivity index (χ0) is 20.1. The van der Waals surface area contributed by atoms with E-state index in [0.29, 0.717) is 24.0 Å². The van der Waals surface area contributed by atoms with Crippen LogP contribution in [-0.4, -0.2) is 51.5 Å². The first kappa shape index (κ1) is 26.0. The number of guanidine groups is 1. The first-order valence-corrected chi connectivity index (χ1v) is 10.8. The van der Waals surface area contributed by atoms with Crippen molar-refractivity contribution in [3.8, 4) is 0 Å². The molecule has 2 aliphatic heterocycles. The Balaban J connectivity index is 0.00000392. The predicted octanol–water partition coefficient (Wildman–Crippen LogP) is 4.45. The third-order valence-electron chi connectivity index (χ3n) is 5.88. The summed E-state index contributed by atoms with van der Waals surface area (Å²) in [5.41, 5.74) is 0.339. The van der Waals surface area contributed by atoms with Crippen LogP contribution in [-0.2, 0) is 9.47 Å². The molecule has 2 aliphatic rings. The molecule has 2 saturated heterocycles. The van der Waals surface area contributed by atoms with Crippen LogP contribution in [0.4, 0.5) is 0 Å². The lowest BCUT2D eigenvalue weighted by Crippen LogP contribution is -2.50. The molecule has 2 fully saturated rings. The Morgan fingerprint density at radius 3 is 1.54 bits per heavy atom. The van der Waals surface area contributed by atoms with Gasteiger partial charge >= 0.3 is 0 Å². The summed E-state index contributed by atoms with van der Waals surface area (Å²) in [6.45, 7) is 17.3. The van der Waals surface area contributed by atoms with Crippen LogP contribution < -0.4 is 10.6 Å². The molecule has 0 aromatic carbocycles. The van der Waals surface area contributed by atoms with Crippen molar-refractivity contribution in [2.75, 3.05) is 33.4 Å². The largest absolute Gasteiger partial charge is 0.377 e. The van der Waals surface area contributed by atoms with Crippen molar-refractivity contribution in [1.29, 1.82) is 0 Å². The van der Waals surface area contributed by atoms with Crippen molar-refractivity contribution in [3.05, 3.63) is 0 Å². The van der Waals surface area contributed by atoms with Crippen molar-refractivity contribution < 1.29 is 9.47 Å². The summed E-state index contributed by atoms with van der Waals surface area (Å²) in [6, 6.07) is 0. The molecule has 0 aromatic heterocycles. The van der Waals surface area contributed by atoms with E-state index in [1.54, 1.807) is 0 Å². The molecule has 0 aliphatic carbocycles. The maximum atomic E-state index is 6.11. The lowest BCUT2D eigenvalue weighted by atomic mass is 9.78. The van der Waals surface area contributed by atoms with Crippen LogP contribution in [0.5, 0.6) is 0 Å². The van der Waals surface area contributed by atoms with E-state index in [4.69, 9.17) is 9.47 Å². The topological polar surface area (TPSA) is 54.9 Å². The second kappa shape index (κ2) is 11.3. The Bertz CT molecular complexity index is 445. The fraction of sp³-hybridized carbons (Fsp3) is 0.955. The van der Waals surface area contributed by atoms with Crippen LogP contribution in [0, 0.1) is 22.7 Å². The monoisotopic (exact) mass is 509 g/mol. The summed E-state index contributed by atoms with van der Waals surface area (Å²) in [5, 5.41) is 7.10. The fourth-order valence-electron chi connectivity index (χ4n) is 4.70. The smallest absolute Gasteiger partial charge is 0.190 e. The number of halogens is 1. The highest BCUT2D eigenvalue weighted by Gasteiger charge is 2.36. The number of rotatable bonds is 4. The summed E-state index contributed by atoms with van der Waals surface area (Å²) in [4.78, 5) is 4.44. The number of nitrogens with one attached hydrogen (secondary N) is 2. The first-order chi connectivity index (χ1) is 12.6. The molecule has 4 atom stereocenters. The van der Waals surface area contributed by atoms with Crippen LogP contribution in [0.2, 0.25) is 0 Å². The highest BCUT2D eigenvalue weighted by atomic mass is 127. The van der Waals surface area contributed by atoms with Gasteiger partial charge in [0.15, 0.2) is 5.96 Å². The normalized spacial score (nSPS) is 28.8. The van der Waals surface area contributed by atoms with Crippen LogP contribution in [0.1, 0.15) is 67.2 Å². The molecule has 0 saturated carbocycles. The van der Waals surface area contributed by atoms with Gasteiger partial charge in [0.2, 0.25) is 0 Å². The van der Waals surface area contributed by atoms with Crippen molar-refractivity contribution in [2.45, 2.75) is 79.4 Å². The van der Waals surface area contributed by atoms with Crippen molar-refractivity contribution in [2.24, 2.45) is 27.7 Å². The van der Waals surface area contributed by atoms with Crippen molar-refractivity contribution in [3.63, 3.8) is 0 Å². The third-order valence-corrected chi connectivity index (χ3v) is 5.88. The lowest BCUT2D eigenvalue weighted by molar-refractivity contribution is -0.0843. The Morgan fingerprint density at radius 2 is 1.21 bits per heavy atom. The Kier molecular flexibility index (Phi) is 10.5. The van der Waals surface area contributed by atoms with E-state index in [9.17, 15) is 0 Å². The molecule has 0 aromatic rings. The second-order valence-electron chi connectivity index (χ2n) is 10.5. The van der Waals surface area contributed by atoms with Crippen LogP contribution >= 0.6 is 24.0 Å². The van der Waals surface area contributed by atoms with Crippen molar-refractivity contribution >= 4 is 29.9 Å². The average molecular weight is 510 g/mol. The van der Waals surface area contributed by atoms with Gasteiger partial charge in [-0.1, -0.05) is 41.5 Å². The Morgan fingerprint density at radius 1 is 0.821 bits per heavy atom. The molecule has 2 rings (SSSR count). The van der Waals surface area contributed by atoms with Crippen LogP contribution in [0.25, 0.3) is 0 Å². The minimum Gasteiger partial charge on any atom is -0.377 e. The predicted molar refractivity (Wildman–Crippen MR) is 129 cm³/mol. The summed E-state index contributed by atoms with van der Waals surface area (Å²) in [6.07, 6.45) is 5.33. The van der Waals surface area contributed by atoms with Crippen LogP contribution in [0.15, 0.2) is 4.99 Å². The summed E-state index contributed by atoms with van der Waals surface area (Å²) in [5.74, 6) is 1.95. The van der Waals surface area contributed by atoms with Gasteiger partial charge in [0.25, 0.3) is 0 Å². The standard InChI is InChI=1S/C22H43N3O2.HI/c1-21(2,3)18-16(10-8-12-26-18)14-24-20(23-7)25-15-17-11-9-13-27-19(17)22(4,5)6;/h16-19H,8-15H2,1-7H3,(H2,23,24,25);1H. The molecule has 0 spiro atoms. The Labute approximate surface area is 190 Å². The van der Waals surface area contributed by atoms with Gasteiger partial charge in [-0.2, -0.15) is 0 Å². The maximum Gasteiger partial charge on any atom is 0.190 e. The van der Waals surface area contributed by atoms with E-state index in [0.717, 1.165) is 45.1 Å². The highest BCUT2D eigenvalue weighted by molar-refractivity contribution is 14.0. The fourth-order valence-corrected chi connectivity index (χ4v) is 4.70. The molecule has 2 N–H and O–H groups in total. The number of ether oxygens (including phenoxy) is 2. The minimum atomic E-state index is 0. The van der Waals surface area contributed by atoms with Gasteiger partial charge in [0, 0.05) is 45.2 Å². The van der Waals surface area contributed by atoms with Gasteiger partial charge in [-0.3, -0.25) is 4.99 Å². The SMILES string of the molecule is CN=C(NCC1CCCOC1C(C)(C)C)NCC1CCCOC1C(C)(C)C.I. The summed E-state index contributed by atoms with van der Waals surface area (Å²) < 4.78 is 12.2.